The van der Waals surface area contributed by atoms with Crippen LogP contribution in [-0.4, -0.2) is 31.4 Å². The second-order valence-corrected chi connectivity index (χ2v) is 8.91. The number of hydrogen-bond acceptors (Lipinski definition) is 6. The Labute approximate surface area is 204 Å². The average molecular weight is 475 g/mol. The van der Waals surface area contributed by atoms with E-state index in [1.807, 2.05) is 66.7 Å². The summed E-state index contributed by atoms with van der Waals surface area (Å²) in [5.74, 6) is 1.38. The van der Waals surface area contributed by atoms with Gasteiger partial charge in [0.15, 0.2) is 12.1 Å². The highest BCUT2D eigenvalue weighted by atomic mass is 16.5. The van der Waals surface area contributed by atoms with Crippen LogP contribution in [0.4, 0.5) is 16.4 Å². The quantitative estimate of drug-likeness (QED) is 0.365. The standard InChI is InChI=1S/C27H30N4O4/c1-34-25-21-16-24(29-15-14-28)35-23(21)17-22(31(25)20-6-3-2-4-7-20)18-8-10-19(11-9-18)27(12-5-13-27)30-26(32)33/h2-4,6-11,16-17,25,29-30H,5,12-15,28H2,1H3,(H,32,33). The number of furan rings is 1. The van der Waals surface area contributed by atoms with Gasteiger partial charge in [-0.25, -0.2) is 4.79 Å². The van der Waals surface area contributed by atoms with E-state index < -0.39 is 17.9 Å². The van der Waals surface area contributed by atoms with E-state index in [4.69, 9.17) is 14.9 Å². The molecule has 5 N–H and O–H groups in total. The molecule has 1 aliphatic carbocycles. The molecule has 1 fully saturated rings. The topological polar surface area (TPSA) is 113 Å². The van der Waals surface area contributed by atoms with Gasteiger partial charge in [0.05, 0.1) is 11.2 Å². The Hall–Kier alpha value is -3.75. The summed E-state index contributed by atoms with van der Waals surface area (Å²) in [6.45, 7) is 1.11. The molecule has 2 aliphatic rings. The van der Waals surface area contributed by atoms with Gasteiger partial charge in [0.1, 0.15) is 5.76 Å². The molecule has 0 spiro atoms. The van der Waals surface area contributed by atoms with Gasteiger partial charge in [-0.3, -0.25) is 0 Å². The molecule has 1 saturated carbocycles. The van der Waals surface area contributed by atoms with Gasteiger partial charge < -0.3 is 35.5 Å². The van der Waals surface area contributed by atoms with Crippen molar-refractivity contribution in [3.05, 3.63) is 83.1 Å². The summed E-state index contributed by atoms with van der Waals surface area (Å²) in [7, 11) is 1.69. The van der Waals surface area contributed by atoms with Crippen molar-refractivity contribution >= 4 is 29.4 Å². The van der Waals surface area contributed by atoms with Gasteiger partial charge in [0, 0.05) is 43.6 Å². The molecule has 35 heavy (non-hydrogen) atoms. The first-order valence-electron chi connectivity index (χ1n) is 11.8. The van der Waals surface area contributed by atoms with E-state index in [2.05, 4.69) is 15.5 Å². The minimum absolute atomic E-state index is 0.393. The minimum Gasteiger partial charge on any atom is -0.465 e. The molecule has 2 aromatic carbocycles. The zero-order valence-corrected chi connectivity index (χ0v) is 19.7. The lowest BCUT2D eigenvalue weighted by Crippen LogP contribution is -2.50. The molecule has 1 atom stereocenters. The van der Waals surface area contributed by atoms with E-state index in [0.29, 0.717) is 19.0 Å². The number of carbonyl (C=O) groups is 1. The fraction of sp³-hybridized carbons (Fsp3) is 0.296. The molecule has 8 heteroatoms. The second kappa shape index (κ2) is 9.48. The number of anilines is 2. The van der Waals surface area contributed by atoms with Crippen LogP contribution in [0.5, 0.6) is 0 Å². The normalized spacial score (nSPS) is 18.3. The highest BCUT2D eigenvalue weighted by molar-refractivity contribution is 5.93. The Morgan fingerprint density at radius 1 is 1.20 bits per heavy atom. The van der Waals surface area contributed by atoms with Crippen molar-refractivity contribution in [1.29, 1.82) is 0 Å². The highest BCUT2D eigenvalue weighted by Gasteiger charge is 2.40. The van der Waals surface area contributed by atoms with Crippen LogP contribution in [0, 0.1) is 0 Å². The van der Waals surface area contributed by atoms with Gasteiger partial charge in [0.2, 0.25) is 0 Å². The van der Waals surface area contributed by atoms with Crippen LogP contribution >= 0.6 is 0 Å². The monoisotopic (exact) mass is 474 g/mol. The fourth-order valence-electron chi connectivity index (χ4n) is 4.97. The van der Waals surface area contributed by atoms with Crippen molar-refractivity contribution in [3.63, 3.8) is 0 Å². The number of benzene rings is 2. The number of nitrogens with one attached hydrogen (secondary N) is 2. The number of para-hydroxylation sites is 1. The van der Waals surface area contributed by atoms with Gasteiger partial charge in [-0.1, -0.05) is 42.5 Å². The lowest BCUT2D eigenvalue weighted by atomic mass is 9.71. The van der Waals surface area contributed by atoms with E-state index in [9.17, 15) is 9.90 Å². The Morgan fingerprint density at radius 2 is 1.94 bits per heavy atom. The first kappa shape index (κ1) is 23.0. The number of hydrogen-bond donors (Lipinski definition) is 4. The van der Waals surface area contributed by atoms with Gasteiger partial charge in [-0.2, -0.15) is 0 Å². The molecule has 2 heterocycles. The van der Waals surface area contributed by atoms with Crippen molar-refractivity contribution in [2.75, 3.05) is 30.4 Å². The summed E-state index contributed by atoms with van der Waals surface area (Å²) < 4.78 is 12.1. The fourth-order valence-corrected chi connectivity index (χ4v) is 4.97. The molecule has 1 amide bonds. The third-order valence-electron chi connectivity index (χ3n) is 6.81. The van der Waals surface area contributed by atoms with Gasteiger partial charge >= 0.3 is 6.09 Å². The lowest BCUT2D eigenvalue weighted by molar-refractivity contribution is 0.107. The second-order valence-electron chi connectivity index (χ2n) is 8.91. The van der Waals surface area contributed by atoms with Crippen LogP contribution in [0.1, 0.15) is 47.9 Å². The number of nitrogens with two attached hydrogens (primary N) is 1. The number of methoxy groups -OCH3 is 1. The van der Waals surface area contributed by atoms with E-state index >= 15 is 0 Å². The Balaban J connectivity index is 1.56. The van der Waals surface area contributed by atoms with Crippen molar-refractivity contribution < 1.29 is 19.1 Å². The third-order valence-corrected chi connectivity index (χ3v) is 6.81. The molecule has 1 aliphatic heterocycles. The number of amides is 1. The third kappa shape index (κ3) is 4.26. The molecule has 182 valence electrons. The SMILES string of the molecule is COC1c2cc(NCCN)oc2C=C(c2ccc(C3(NC(=O)O)CCC3)cc2)N1c1ccccc1. The predicted molar refractivity (Wildman–Crippen MR) is 136 cm³/mol. The van der Waals surface area contributed by atoms with Crippen molar-refractivity contribution in [3.8, 4) is 0 Å². The summed E-state index contributed by atoms with van der Waals surface area (Å²) >= 11 is 0. The molecular formula is C27H30N4O4. The van der Waals surface area contributed by atoms with Gasteiger partial charge in [0.25, 0.3) is 0 Å². The number of ether oxygens (including phenoxy) is 1. The summed E-state index contributed by atoms with van der Waals surface area (Å²) in [5.41, 5.74) is 9.94. The molecule has 8 nitrogen and oxygen atoms in total. The summed E-state index contributed by atoms with van der Waals surface area (Å²) in [5, 5.41) is 15.3. The van der Waals surface area contributed by atoms with Crippen LogP contribution in [0.3, 0.4) is 0 Å². The van der Waals surface area contributed by atoms with Crippen LogP contribution in [0.2, 0.25) is 0 Å². The zero-order chi connectivity index (χ0) is 24.4. The first-order chi connectivity index (χ1) is 17.0. The number of carboxylic acid groups (broad SMARTS) is 1. The molecule has 0 saturated heterocycles. The Bertz CT molecular complexity index is 1220. The zero-order valence-electron chi connectivity index (χ0n) is 19.7. The summed E-state index contributed by atoms with van der Waals surface area (Å²) in [6.07, 6.45) is 3.25. The molecule has 0 bridgehead atoms. The summed E-state index contributed by atoms with van der Waals surface area (Å²) in [4.78, 5) is 13.5. The van der Waals surface area contributed by atoms with Crippen LogP contribution in [0.15, 0.2) is 65.1 Å². The molecule has 0 radical (unpaired) electrons. The maximum Gasteiger partial charge on any atom is 0.405 e. The number of fused-ring (bicyclic) bond motifs is 1. The predicted octanol–water partition coefficient (Wildman–Crippen LogP) is 4.96. The Morgan fingerprint density at radius 3 is 2.54 bits per heavy atom. The first-order valence-corrected chi connectivity index (χ1v) is 11.8. The minimum atomic E-state index is -0.994. The van der Waals surface area contributed by atoms with E-state index in [1.54, 1.807) is 7.11 Å². The Kier molecular flexibility index (Phi) is 6.23. The molecule has 1 aromatic heterocycles. The molecular weight excluding hydrogens is 444 g/mol. The number of nitrogens with zero attached hydrogens (tertiary/aromatic N) is 1. The van der Waals surface area contributed by atoms with E-state index in [-0.39, 0.29) is 0 Å². The van der Waals surface area contributed by atoms with E-state index in [1.165, 1.54) is 0 Å². The van der Waals surface area contributed by atoms with Gasteiger partial charge in [-0.15, -0.1) is 0 Å². The number of rotatable bonds is 8. The van der Waals surface area contributed by atoms with Crippen LogP contribution in [0.25, 0.3) is 11.8 Å². The average Bonchev–Trinajstić information content (AvgIpc) is 3.27. The maximum absolute atomic E-state index is 11.4. The largest absolute Gasteiger partial charge is 0.465 e. The molecule has 3 aromatic rings. The van der Waals surface area contributed by atoms with Crippen molar-refractivity contribution in [1.82, 2.24) is 5.32 Å². The lowest BCUT2D eigenvalue weighted by Gasteiger charge is -2.42. The van der Waals surface area contributed by atoms with Crippen LogP contribution < -0.4 is 21.3 Å². The highest BCUT2D eigenvalue weighted by Crippen LogP contribution is 2.45. The van der Waals surface area contributed by atoms with Crippen LogP contribution in [-0.2, 0) is 10.3 Å². The van der Waals surface area contributed by atoms with E-state index in [0.717, 1.165) is 53.1 Å². The molecule has 1 unspecified atom stereocenters. The maximum atomic E-state index is 11.4. The smallest absolute Gasteiger partial charge is 0.405 e. The van der Waals surface area contributed by atoms with Crippen molar-refractivity contribution in [2.45, 2.75) is 31.0 Å². The van der Waals surface area contributed by atoms with Crippen molar-refractivity contribution in [2.24, 2.45) is 5.73 Å². The van der Waals surface area contributed by atoms with Gasteiger partial charge in [-0.05, 0) is 42.5 Å². The summed E-state index contributed by atoms with van der Waals surface area (Å²) in [6, 6.07) is 20.1. The molecule has 5 rings (SSSR count).